The zero-order valence-electron chi connectivity index (χ0n) is 18.1. The van der Waals surface area contributed by atoms with E-state index in [2.05, 4.69) is 11.8 Å². The van der Waals surface area contributed by atoms with Gasteiger partial charge in [-0.05, 0) is 38.3 Å². The summed E-state index contributed by atoms with van der Waals surface area (Å²) in [5.41, 5.74) is 1.95. The Morgan fingerprint density at radius 1 is 0.966 bits per heavy atom. The summed E-state index contributed by atoms with van der Waals surface area (Å²) in [5, 5.41) is 0. The lowest BCUT2D eigenvalue weighted by Crippen LogP contribution is -2.53. The van der Waals surface area contributed by atoms with Crippen molar-refractivity contribution < 1.29 is 9.59 Å². The Kier molecular flexibility index (Phi) is 8.05. The molecular formula is C24H36N2O2S. The van der Waals surface area contributed by atoms with E-state index in [1.165, 1.54) is 31.2 Å². The van der Waals surface area contributed by atoms with Crippen LogP contribution in [0, 0.1) is 6.92 Å². The van der Waals surface area contributed by atoms with Gasteiger partial charge in [0, 0.05) is 37.4 Å². The first-order chi connectivity index (χ1) is 14.1. The molecule has 0 saturated carbocycles. The first-order valence-electron chi connectivity index (χ1n) is 11.4. The molecule has 5 heteroatoms. The molecular weight excluding hydrogens is 380 g/mol. The fourth-order valence-corrected chi connectivity index (χ4v) is 5.94. The van der Waals surface area contributed by atoms with E-state index in [0.29, 0.717) is 12.3 Å². The van der Waals surface area contributed by atoms with E-state index in [1.54, 1.807) is 0 Å². The van der Waals surface area contributed by atoms with E-state index in [9.17, 15) is 9.59 Å². The third-order valence-corrected chi connectivity index (χ3v) is 7.92. The summed E-state index contributed by atoms with van der Waals surface area (Å²) in [4.78, 5) is 29.7. The zero-order chi connectivity index (χ0) is 20.7. The fraction of sp³-hybridized carbons (Fsp3) is 0.667. The molecule has 29 heavy (non-hydrogen) atoms. The molecule has 2 heterocycles. The monoisotopic (exact) mass is 416 g/mol. The SMILES string of the molecule is CCCCCCCCC(=O)N1CCC2(CC1)SCCN2C(=O)c1ccc(C)cc1. The van der Waals surface area contributed by atoms with Crippen LogP contribution in [0.4, 0.5) is 0 Å². The number of benzene rings is 1. The van der Waals surface area contributed by atoms with Gasteiger partial charge in [0.05, 0.1) is 4.87 Å². The van der Waals surface area contributed by atoms with Gasteiger partial charge in [-0.2, -0.15) is 0 Å². The molecule has 0 aromatic heterocycles. The molecule has 0 bridgehead atoms. The number of likely N-dealkylation sites (tertiary alicyclic amines) is 1. The van der Waals surface area contributed by atoms with E-state index in [0.717, 1.165) is 56.6 Å². The normalized spacial score (nSPS) is 18.4. The molecule has 160 valence electrons. The Labute approximate surface area is 180 Å². The third kappa shape index (κ3) is 5.56. The van der Waals surface area contributed by atoms with Crippen LogP contribution in [0.1, 0.15) is 80.6 Å². The van der Waals surface area contributed by atoms with Crippen LogP contribution in [0.15, 0.2) is 24.3 Å². The number of thioether (sulfide) groups is 1. The molecule has 2 fully saturated rings. The lowest BCUT2D eigenvalue weighted by atomic mass is 10.00. The molecule has 4 nitrogen and oxygen atoms in total. The quantitative estimate of drug-likeness (QED) is 0.543. The van der Waals surface area contributed by atoms with Gasteiger partial charge < -0.3 is 9.80 Å². The molecule has 1 aromatic rings. The van der Waals surface area contributed by atoms with Crippen LogP contribution < -0.4 is 0 Å². The van der Waals surface area contributed by atoms with Gasteiger partial charge in [-0.3, -0.25) is 9.59 Å². The number of piperidine rings is 1. The average molecular weight is 417 g/mol. The summed E-state index contributed by atoms with van der Waals surface area (Å²) in [6, 6.07) is 7.89. The highest BCUT2D eigenvalue weighted by molar-refractivity contribution is 8.00. The highest BCUT2D eigenvalue weighted by Crippen LogP contribution is 2.44. The van der Waals surface area contributed by atoms with Crippen molar-refractivity contribution in [1.29, 1.82) is 0 Å². The number of amides is 2. The molecule has 0 atom stereocenters. The van der Waals surface area contributed by atoms with Crippen LogP contribution in [-0.2, 0) is 4.79 Å². The predicted molar refractivity (Wildman–Crippen MR) is 121 cm³/mol. The Bertz CT molecular complexity index is 681. The first kappa shape index (κ1) is 22.2. The number of rotatable bonds is 8. The molecule has 2 amide bonds. The largest absolute Gasteiger partial charge is 0.342 e. The van der Waals surface area contributed by atoms with E-state index in [1.807, 2.05) is 47.9 Å². The van der Waals surface area contributed by atoms with E-state index >= 15 is 0 Å². The van der Waals surface area contributed by atoms with Crippen LogP contribution in [0.25, 0.3) is 0 Å². The van der Waals surface area contributed by atoms with Gasteiger partial charge in [-0.15, -0.1) is 11.8 Å². The highest BCUT2D eigenvalue weighted by atomic mass is 32.2. The summed E-state index contributed by atoms with van der Waals surface area (Å²) in [5.74, 6) is 1.43. The van der Waals surface area contributed by atoms with Crippen LogP contribution in [0.2, 0.25) is 0 Å². The molecule has 2 saturated heterocycles. The van der Waals surface area contributed by atoms with Gasteiger partial charge in [0.1, 0.15) is 0 Å². The molecule has 2 aliphatic rings. The average Bonchev–Trinajstić information content (AvgIpc) is 3.14. The van der Waals surface area contributed by atoms with Crippen molar-refractivity contribution in [3.63, 3.8) is 0 Å². The minimum Gasteiger partial charge on any atom is -0.342 e. The molecule has 0 unspecified atom stereocenters. The lowest BCUT2D eigenvalue weighted by Gasteiger charge is -2.44. The second-order valence-corrected chi connectivity index (χ2v) is 9.97. The minimum atomic E-state index is -0.126. The summed E-state index contributed by atoms with van der Waals surface area (Å²) >= 11 is 1.91. The van der Waals surface area contributed by atoms with Crippen molar-refractivity contribution in [2.45, 2.75) is 76.5 Å². The number of nitrogens with zero attached hydrogens (tertiary/aromatic N) is 2. The van der Waals surface area contributed by atoms with Crippen molar-refractivity contribution in [2.75, 3.05) is 25.4 Å². The van der Waals surface area contributed by atoms with Crippen molar-refractivity contribution in [3.8, 4) is 0 Å². The van der Waals surface area contributed by atoms with Crippen LogP contribution in [0.3, 0.4) is 0 Å². The second kappa shape index (κ2) is 10.5. The molecule has 1 spiro atoms. The van der Waals surface area contributed by atoms with Crippen molar-refractivity contribution in [1.82, 2.24) is 9.80 Å². The van der Waals surface area contributed by atoms with Crippen molar-refractivity contribution in [2.24, 2.45) is 0 Å². The number of aryl methyl sites for hydroxylation is 1. The second-order valence-electron chi connectivity index (χ2n) is 8.52. The number of hydrogen-bond acceptors (Lipinski definition) is 3. The summed E-state index contributed by atoms with van der Waals surface area (Å²) in [6.45, 7) is 6.63. The summed E-state index contributed by atoms with van der Waals surface area (Å²) < 4.78 is 0. The Hall–Kier alpha value is -1.49. The first-order valence-corrected chi connectivity index (χ1v) is 12.3. The number of carbonyl (C=O) groups is 2. The van der Waals surface area contributed by atoms with Gasteiger partial charge in [-0.1, -0.05) is 56.7 Å². The van der Waals surface area contributed by atoms with Crippen molar-refractivity contribution in [3.05, 3.63) is 35.4 Å². The van der Waals surface area contributed by atoms with Crippen LogP contribution in [0.5, 0.6) is 0 Å². The Morgan fingerprint density at radius 2 is 1.62 bits per heavy atom. The van der Waals surface area contributed by atoms with Crippen molar-refractivity contribution >= 4 is 23.6 Å². The fourth-order valence-electron chi connectivity index (χ4n) is 4.48. The van der Waals surface area contributed by atoms with Crippen LogP contribution >= 0.6 is 11.8 Å². The molecule has 3 rings (SSSR count). The van der Waals surface area contributed by atoms with Gasteiger partial charge in [0.15, 0.2) is 0 Å². The summed E-state index contributed by atoms with van der Waals surface area (Å²) in [7, 11) is 0. The number of hydrogen-bond donors (Lipinski definition) is 0. The van der Waals surface area contributed by atoms with E-state index in [4.69, 9.17) is 0 Å². The molecule has 0 N–H and O–H groups in total. The Balaban J connectivity index is 1.49. The molecule has 1 aromatic carbocycles. The zero-order valence-corrected chi connectivity index (χ0v) is 18.9. The van der Waals surface area contributed by atoms with Gasteiger partial charge in [0.2, 0.25) is 5.91 Å². The number of unbranched alkanes of at least 4 members (excludes halogenated alkanes) is 5. The maximum atomic E-state index is 13.1. The molecule has 0 radical (unpaired) electrons. The van der Waals surface area contributed by atoms with Gasteiger partial charge in [-0.25, -0.2) is 0 Å². The third-order valence-electron chi connectivity index (χ3n) is 6.36. The van der Waals surface area contributed by atoms with E-state index < -0.39 is 0 Å². The standard InChI is InChI=1S/C24H36N2O2S/c1-3-4-5-6-7-8-9-22(27)25-16-14-24(15-17-25)26(18-19-29-24)23(28)21-12-10-20(2)11-13-21/h10-13H,3-9,14-19H2,1-2H3. The minimum absolute atomic E-state index is 0.126. The maximum absolute atomic E-state index is 13.1. The van der Waals surface area contributed by atoms with E-state index in [-0.39, 0.29) is 10.8 Å². The van der Waals surface area contributed by atoms with Gasteiger partial charge in [0.25, 0.3) is 5.91 Å². The topological polar surface area (TPSA) is 40.6 Å². The van der Waals surface area contributed by atoms with Crippen LogP contribution in [-0.4, -0.2) is 51.9 Å². The maximum Gasteiger partial charge on any atom is 0.254 e. The number of carbonyl (C=O) groups excluding carboxylic acids is 2. The smallest absolute Gasteiger partial charge is 0.254 e. The highest BCUT2D eigenvalue weighted by Gasteiger charge is 2.46. The lowest BCUT2D eigenvalue weighted by molar-refractivity contribution is -0.132. The predicted octanol–water partition coefficient (Wildman–Crippen LogP) is 5.25. The van der Waals surface area contributed by atoms with Gasteiger partial charge >= 0.3 is 0 Å². The molecule has 2 aliphatic heterocycles. The Morgan fingerprint density at radius 3 is 2.31 bits per heavy atom. The molecule has 0 aliphatic carbocycles. The summed E-state index contributed by atoms with van der Waals surface area (Å²) in [6.07, 6.45) is 9.73.